The normalized spacial score (nSPS) is 22.5. The molecule has 0 amide bonds. The molecule has 3 nitrogen and oxygen atoms in total. The van der Waals surface area contributed by atoms with Crippen molar-refractivity contribution in [3.8, 4) is 5.75 Å². The lowest BCUT2D eigenvalue weighted by Gasteiger charge is -2.35. The van der Waals surface area contributed by atoms with Gasteiger partial charge in [0.1, 0.15) is 5.75 Å². The summed E-state index contributed by atoms with van der Waals surface area (Å²) in [6, 6.07) is 10.6. The highest BCUT2D eigenvalue weighted by atomic mass is 16.5. The molecule has 3 heteroatoms. The molecular weight excluding hydrogens is 226 g/mol. The van der Waals surface area contributed by atoms with Crippen LogP contribution in [-0.2, 0) is 4.74 Å². The molecule has 1 aliphatic rings. The quantitative estimate of drug-likeness (QED) is 0.718. The summed E-state index contributed by atoms with van der Waals surface area (Å²) in [5, 5.41) is 3.53. The fourth-order valence-electron chi connectivity index (χ4n) is 2.19. The van der Waals surface area contributed by atoms with Gasteiger partial charge in [-0.05, 0) is 44.9 Å². The molecule has 1 N–H and O–H groups in total. The van der Waals surface area contributed by atoms with Crippen LogP contribution in [0, 0.1) is 0 Å². The minimum atomic E-state index is 0.494. The fourth-order valence-corrected chi connectivity index (χ4v) is 2.19. The van der Waals surface area contributed by atoms with Crippen LogP contribution in [0.2, 0.25) is 0 Å². The predicted octanol–water partition coefficient (Wildman–Crippen LogP) is 2.61. The molecule has 0 bridgehead atoms. The highest BCUT2D eigenvalue weighted by molar-refractivity contribution is 5.20. The lowest BCUT2D eigenvalue weighted by Crippen LogP contribution is -2.45. The van der Waals surface area contributed by atoms with Gasteiger partial charge in [-0.25, -0.2) is 0 Å². The molecular formula is C15H23NO2. The Kier molecular flexibility index (Phi) is 5.49. The molecule has 0 aliphatic heterocycles. The summed E-state index contributed by atoms with van der Waals surface area (Å²) in [6.45, 7) is 4.69. The van der Waals surface area contributed by atoms with Crippen LogP contribution in [0.5, 0.6) is 5.75 Å². The largest absolute Gasteiger partial charge is 0.494 e. The average Bonchev–Trinajstić information content (AvgIpc) is 2.36. The number of ether oxygens (including phenoxy) is 2. The predicted molar refractivity (Wildman–Crippen MR) is 73.0 cm³/mol. The molecule has 0 saturated heterocycles. The van der Waals surface area contributed by atoms with Gasteiger partial charge in [-0.1, -0.05) is 18.2 Å². The van der Waals surface area contributed by atoms with Crippen molar-refractivity contribution in [2.45, 2.75) is 38.3 Å². The third-order valence-corrected chi connectivity index (χ3v) is 3.26. The number of benzene rings is 1. The third kappa shape index (κ3) is 4.31. The molecule has 0 radical (unpaired) electrons. The van der Waals surface area contributed by atoms with Crippen molar-refractivity contribution < 1.29 is 9.47 Å². The van der Waals surface area contributed by atoms with Crippen molar-refractivity contribution in [2.24, 2.45) is 0 Å². The van der Waals surface area contributed by atoms with Crippen LogP contribution in [0.15, 0.2) is 30.3 Å². The average molecular weight is 249 g/mol. The van der Waals surface area contributed by atoms with Gasteiger partial charge in [-0.2, -0.15) is 0 Å². The van der Waals surface area contributed by atoms with E-state index in [-0.39, 0.29) is 0 Å². The van der Waals surface area contributed by atoms with Gasteiger partial charge >= 0.3 is 0 Å². The van der Waals surface area contributed by atoms with E-state index in [1.54, 1.807) is 0 Å². The van der Waals surface area contributed by atoms with E-state index in [4.69, 9.17) is 9.47 Å². The summed E-state index contributed by atoms with van der Waals surface area (Å²) >= 11 is 0. The summed E-state index contributed by atoms with van der Waals surface area (Å²) in [6.07, 6.45) is 3.86. The monoisotopic (exact) mass is 249 g/mol. The van der Waals surface area contributed by atoms with Crippen molar-refractivity contribution in [1.29, 1.82) is 0 Å². The summed E-state index contributed by atoms with van der Waals surface area (Å²) in [4.78, 5) is 0. The van der Waals surface area contributed by atoms with Crippen LogP contribution in [0.1, 0.15) is 26.2 Å². The SMILES string of the molecule is CCOC1CC(NCCCOc2ccccc2)C1. The summed E-state index contributed by atoms with van der Waals surface area (Å²) < 4.78 is 11.2. The van der Waals surface area contributed by atoms with E-state index in [1.807, 2.05) is 30.3 Å². The van der Waals surface area contributed by atoms with E-state index in [0.29, 0.717) is 12.1 Å². The van der Waals surface area contributed by atoms with E-state index in [2.05, 4.69) is 12.2 Å². The van der Waals surface area contributed by atoms with Gasteiger partial charge in [0.15, 0.2) is 0 Å². The minimum Gasteiger partial charge on any atom is -0.494 e. The molecule has 0 heterocycles. The standard InChI is InChI=1S/C15H23NO2/c1-2-17-15-11-13(12-15)16-9-6-10-18-14-7-4-3-5-8-14/h3-5,7-8,13,15-16H,2,6,9-12H2,1H3. The second-order valence-corrected chi connectivity index (χ2v) is 4.71. The van der Waals surface area contributed by atoms with E-state index >= 15 is 0 Å². The van der Waals surface area contributed by atoms with E-state index < -0.39 is 0 Å². The number of hydrogen-bond donors (Lipinski definition) is 1. The van der Waals surface area contributed by atoms with Crippen molar-refractivity contribution in [3.05, 3.63) is 30.3 Å². The van der Waals surface area contributed by atoms with Crippen LogP contribution < -0.4 is 10.1 Å². The molecule has 18 heavy (non-hydrogen) atoms. The third-order valence-electron chi connectivity index (χ3n) is 3.26. The van der Waals surface area contributed by atoms with Gasteiger partial charge in [0.05, 0.1) is 12.7 Å². The number of rotatable bonds is 8. The maximum atomic E-state index is 5.63. The van der Waals surface area contributed by atoms with E-state index in [0.717, 1.165) is 44.8 Å². The topological polar surface area (TPSA) is 30.5 Å². The van der Waals surface area contributed by atoms with Crippen LogP contribution in [0.3, 0.4) is 0 Å². The van der Waals surface area contributed by atoms with Crippen LogP contribution in [0.4, 0.5) is 0 Å². The molecule has 1 fully saturated rings. The van der Waals surface area contributed by atoms with Gasteiger partial charge in [0.25, 0.3) is 0 Å². The number of para-hydroxylation sites is 1. The van der Waals surface area contributed by atoms with Crippen molar-refractivity contribution in [2.75, 3.05) is 19.8 Å². The Labute approximate surface area is 109 Å². The van der Waals surface area contributed by atoms with Gasteiger partial charge < -0.3 is 14.8 Å². The van der Waals surface area contributed by atoms with Gasteiger partial charge in [-0.15, -0.1) is 0 Å². The summed E-state index contributed by atoms with van der Waals surface area (Å²) in [5.74, 6) is 0.956. The Morgan fingerprint density at radius 3 is 2.72 bits per heavy atom. The first-order valence-corrected chi connectivity index (χ1v) is 6.91. The molecule has 1 aromatic carbocycles. The molecule has 1 aromatic rings. The Morgan fingerprint density at radius 1 is 1.22 bits per heavy atom. The van der Waals surface area contributed by atoms with Crippen LogP contribution in [0.25, 0.3) is 0 Å². The van der Waals surface area contributed by atoms with E-state index in [1.165, 1.54) is 0 Å². The minimum absolute atomic E-state index is 0.494. The molecule has 0 atom stereocenters. The maximum absolute atomic E-state index is 5.63. The zero-order chi connectivity index (χ0) is 12.6. The summed E-state index contributed by atoms with van der Waals surface area (Å²) in [7, 11) is 0. The maximum Gasteiger partial charge on any atom is 0.119 e. The lowest BCUT2D eigenvalue weighted by atomic mass is 9.89. The Balaban J connectivity index is 1.45. The van der Waals surface area contributed by atoms with Crippen molar-refractivity contribution in [3.63, 3.8) is 0 Å². The lowest BCUT2D eigenvalue weighted by molar-refractivity contribution is -0.00987. The number of hydrogen-bond acceptors (Lipinski definition) is 3. The van der Waals surface area contributed by atoms with Gasteiger partial charge in [0.2, 0.25) is 0 Å². The molecule has 1 aliphatic carbocycles. The zero-order valence-corrected chi connectivity index (χ0v) is 11.1. The Morgan fingerprint density at radius 2 is 2.00 bits per heavy atom. The first-order chi connectivity index (χ1) is 8.88. The first kappa shape index (κ1) is 13.4. The smallest absolute Gasteiger partial charge is 0.119 e. The van der Waals surface area contributed by atoms with Crippen molar-refractivity contribution >= 4 is 0 Å². The molecule has 0 aromatic heterocycles. The van der Waals surface area contributed by atoms with E-state index in [9.17, 15) is 0 Å². The highest BCUT2D eigenvalue weighted by Gasteiger charge is 2.28. The Bertz CT molecular complexity index is 323. The van der Waals surface area contributed by atoms with Gasteiger partial charge in [0, 0.05) is 12.6 Å². The molecule has 100 valence electrons. The highest BCUT2D eigenvalue weighted by Crippen LogP contribution is 2.22. The summed E-state index contributed by atoms with van der Waals surface area (Å²) in [5.41, 5.74) is 0. The van der Waals surface area contributed by atoms with Crippen LogP contribution in [-0.4, -0.2) is 31.9 Å². The second kappa shape index (κ2) is 7.39. The first-order valence-electron chi connectivity index (χ1n) is 6.91. The van der Waals surface area contributed by atoms with Crippen molar-refractivity contribution in [1.82, 2.24) is 5.32 Å². The van der Waals surface area contributed by atoms with Crippen LogP contribution >= 0.6 is 0 Å². The zero-order valence-electron chi connectivity index (χ0n) is 11.1. The molecule has 0 unspecified atom stereocenters. The fraction of sp³-hybridized carbons (Fsp3) is 0.600. The Hall–Kier alpha value is -1.06. The molecule has 0 spiro atoms. The second-order valence-electron chi connectivity index (χ2n) is 4.71. The number of nitrogens with one attached hydrogen (secondary N) is 1. The van der Waals surface area contributed by atoms with Gasteiger partial charge in [-0.3, -0.25) is 0 Å². The molecule has 1 saturated carbocycles. The molecule has 2 rings (SSSR count).